The lowest BCUT2D eigenvalue weighted by molar-refractivity contribution is 0.381. The van der Waals surface area contributed by atoms with Crippen LogP contribution in [0.4, 0.5) is 0 Å². The van der Waals surface area contributed by atoms with Crippen molar-refractivity contribution in [1.29, 1.82) is 0 Å². The lowest BCUT2D eigenvalue weighted by Gasteiger charge is -2.39. The SMILES string of the molecule is COc1c(C(C)(C)C)cc(-c2c3c(cc4c2CC(C)(C)C4)C([Si](C)(C)C2C(C)=C(C)C(C)=C2C)C(C)=C3)cc1C(C)(C)C. The third kappa shape index (κ3) is 5.04. The zero-order valence-corrected chi connectivity index (χ0v) is 31.3. The van der Waals surface area contributed by atoms with Gasteiger partial charge in [0, 0.05) is 16.7 Å². The lowest BCUT2D eigenvalue weighted by atomic mass is 9.76. The Kier molecular flexibility index (Phi) is 7.53. The van der Waals surface area contributed by atoms with Crippen LogP contribution in [0.5, 0.6) is 5.75 Å². The molecule has 2 aromatic carbocycles. The molecule has 1 atom stereocenters. The fourth-order valence-electron chi connectivity index (χ4n) is 9.24. The Labute approximate surface area is 264 Å². The van der Waals surface area contributed by atoms with Crippen LogP contribution in [-0.2, 0) is 23.7 Å². The van der Waals surface area contributed by atoms with Gasteiger partial charge in [0.1, 0.15) is 5.75 Å². The zero-order chi connectivity index (χ0) is 32.2. The van der Waals surface area contributed by atoms with Gasteiger partial charge in [-0.2, -0.15) is 0 Å². The summed E-state index contributed by atoms with van der Waals surface area (Å²) >= 11 is 0. The third-order valence-corrected chi connectivity index (χ3v) is 16.0. The minimum Gasteiger partial charge on any atom is -0.496 e. The Bertz CT molecular complexity index is 1550. The van der Waals surface area contributed by atoms with Crippen molar-refractivity contribution in [1.82, 2.24) is 0 Å². The second-order valence-electron chi connectivity index (χ2n) is 17.7. The fourth-order valence-corrected chi connectivity index (χ4v) is 14.5. The van der Waals surface area contributed by atoms with E-state index in [0.717, 1.165) is 18.6 Å². The molecule has 0 amide bonds. The van der Waals surface area contributed by atoms with E-state index >= 15 is 0 Å². The summed E-state index contributed by atoms with van der Waals surface area (Å²) in [7, 11) is -0.00406. The van der Waals surface area contributed by atoms with Crippen molar-refractivity contribution in [3.63, 3.8) is 0 Å². The summed E-state index contributed by atoms with van der Waals surface area (Å²) < 4.78 is 6.20. The number of fused-ring (bicyclic) bond motifs is 2. The largest absolute Gasteiger partial charge is 0.496 e. The second kappa shape index (κ2) is 10.1. The van der Waals surface area contributed by atoms with Crippen LogP contribution >= 0.6 is 0 Å². The monoisotopic (exact) mass is 594 g/mol. The van der Waals surface area contributed by atoms with E-state index < -0.39 is 8.07 Å². The lowest BCUT2D eigenvalue weighted by Crippen LogP contribution is -2.41. The second-order valence-corrected chi connectivity index (χ2v) is 22.5. The van der Waals surface area contributed by atoms with E-state index in [2.05, 4.69) is 127 Å². The molecule has 3 aliphatic rings. The van der Waals surface area contributed by atoms with Crippen LogP contribution in [0.15, 0.2) is 46.1 Å². The first-order valence-electron chi connectivity index (χ1n) is 16.6. The average molecular weight is 595 g/mol. The van der Waals surface area contributed by atoms with Crippen molar-refractivity contribution >= 4 is 14.1 Å². The number of allylic oxidation sites excluding steroid dienone is 5. The van der Waals surface area contributed by atoms with Gasteiger partial charge in [-0.15, -0.1) is 0 Å². The molecular weight excluding hydrogens is 537 g/mol. The number of hydrogen-bond acceptors (Lipinski definition) is 1. The molecule has 0 saturated heterocycles. The first-order chi connectivity index (χ1) is 19.6. The highest BCUT2D eigenvalue weighted by Crippen LogP contribution is 2.57. The van der Waals surface area contributed by atoms with E-state index in [1.165, 1.54) is 39.0 Å². The summed E-state index contributed by atoms with van der Waals surface area (Å²) in [5.74, 6) is 1.06. The van der Waals surface area contributed by atoms with Crippen molar-refractivity contribution in [2.75, 3.05) is 7.11 Å². The molecule has 43 heavy (non-hydrogen) atoms. The normalized spacial score (nSPS) is 20.7. The number of benzene rings is 2. The summed E-state index contributed by atoms with van der Waals surface area (Å²) in [6.07, 6.45) is 4.89. The minimum absolute atomic E-state index is 0.0309. The number of ether oxygens (including phenoxy) is 1. The Balaban J connectivity index is 1.83. The molecule has 0 saturated carbocycles. The van der Waals surface area contributed by atoms with Crippen LogP contribution in [-0.4, -0.2) is 15.2 Å². The van der Waals surface area contributed by atoms with Crippen LogP contribution < -0.4 is 4.74 Å². The molecule has 232 valence electrons. The van der Waals surface area contributed by atoms with Crippen LogP contribution in [0.2, 0.25) is 18.6 Å². The van der Waals surface area contributed by atoms with Crippen molar-refractivity contribution in [3.05, 3.63) is 79.4 Å². The van der Waals surface area contributed by atoms with Gasteiger partial charge >= 0.3 is 0 Å². The highest BCUT2D eigenvalue weighted by atomic mass is 28.3. The average Bonchev–Trinajstić information content (AvgIpc) is 3.43. The molecule has 2 aromatic rings. The summed E-state index contributed by atoms with van der Waals surface area (Å²) in [6.45, 7) is 36.2. The number of rotatable bonds is 4. The van der Waals surface area contributed by atoms with Gasteiger partial charge in [-0.1, -0.05) is 97.3 Å². The van der Waals surface area contributed by atoms with Gasteiger partial charge in [-0.05, 0) is 126 Å². The molecule has 0 radical (unpaired) electrons. The van der Waals surface area contributed by atoms with Gasteiger partial charge < -0.3 is 4.74 Å². The molecule has 0 fully saturated rings. The van der Waals surface area contributed by atoms with E-state index in [0.29, 0.717) is 11.1 Å². The molecule has 1 nitrogen and oxygen atoms in total. The van der Waals surface area contributed by atoms with Gasteiger partial charge in [0.15, 0.2) is 0 Å². The Morgan fingerprint density at radius 2 is 1.28 bits per heavy atom. The Morgan fingerprint density at radius 1 is 0.767 bits per heavy atom. The first kappa shape index (κ1) is 32.1. The summed E-state index contributed by atoms with van der Waals surface area (Å²) in [5, 5.41) is 0. The minimum atomic E-state index is -1.85. The van der Waals surface area contributed by atoms with E-state index in [4.69, 9.17) is 4.74 Å². The topological polar surface area (TPSA) is 9.23 Å². The molecule has 0 aromatic heterocycles. The van der Waals surface area contributed by atoms with E-state index in [1.807, 2.05) is 7.11 Å². The number of methoxy groups -OCH3 is 1. The van der Waals surface area contributed by atoms with Gasteiger partial charge in [0.2, 0.25) is 0 Å². The molecule has 2 heteroatoms. The van der Waals surface area contributed by atoms with E-state index in [9.17, 15) is 0 Å². The fraction of sp³-hybridized carbons (Fsp3) is 0.561. The molecule has 0 bridgehead atoms. The summed E-state index contributed by atoms with van der Waals surface area (Å²) in [6, 6.07) is 7.64. The van der Waals surface area contributed by atoms with Crippen molar-refractivity contribution in [2.24, 2.45) is 5.41 Å². The Hall–Kier alpha value is -2.32. The molecule has 3 aliphatic carbocycles. The predicted octanol–water partition coefficient (Wildman–Crippen LogP) is 11.9. The smallest absolute Gasteiger partial charge is 0.126 e. The maximum atomic E-state index is 6.20. The third-order valence-electron chi connectivity index (χ3n) is 11.4. The van der Waals surface area contributed by atoms with Gasteiger partial charge in [0.25, 0.3) is 0 Å². The van der Waals surface area contributed by atoms with Crippen LogP contribution in [0.3, 0.4) is 0 Å². The predicted molar refractivity (Wildman–Crippen MR) is 191 cm³/mol. The van der Waals surface area contributed by atoms with Crippen LogP contribution in [0.1, 0.15) is 129 Å². The standard InChI is InChI=1S/C41H58OSi/c1-23-17-30-31(37(23)43(15,16)38-26(4)24(2)25(3)27(38)5)18-29-21-41(12,13)22-32(29)35(30)28-19-33(39(6,7)8)36(42-14)34(20-28)40(9,10)11/h17-20,37-38H,21-22H2,1-16H3. The molecule has 0 spiro atoms. The molecule has 0 heterocycles. The molecule has 0 N–H and O–H groups in total. The van der Waals surface area contributed by atoms with E-state index in [1.54, 1.807) is 33.4 Å². The number of hydrogen-bond donors (Lipinski definition) is 0. The van der Waals surface area contributed by atoms with Crippen molar-refractivity contribution < 1.29 is 4.74 Å². The highest BCUT2D eigenvalue weighted by molar-refractivity contribution is 6.82. The van der Waals surface area contributed by atoms with Gasteiger partial charge in [-0.3, -0.25) is 0 Å². The maximum absolute atomic E-state index is 6.20. The quantitative estimate of drug-likeness (QED) is 0.320. The van der Waals surface area contributed by atoms with Crippen molar-refractivity contribution in [3.8, 4) is 16.9 Å². The first-order valence-corrected chi connectivity index (χ1v) is 19.7. The molecule has 5 rings (SSSR count). The summed E-state index contributed by atoms with van der Waals surface area (Å²) in [5.41, 5.74) is 21.0. The van der Waals surface area contributed by atoms with Crippen LogP contribution in [0, 0.1) is 5.41 Å². The van der Waals surface area contributed by atoms with Gasteiger partial charge in [-0.25, -0.2) is 0 Å². The van der Waals surface area contributed by atoms with Crippen molar-refractivity contribution in [2.45, 2.75) is 138 Å². The molecule has 0 aliphatic heterocycles. The Morgan fingerprint density at radius 3 is 1.74 bits per heavy atom. The maximum Gasteiger partial charge on any atom is 0.126 e. The summed E-state index contributed by atoms with van der Waals surface area (Å²) in [4.78, 5) is 0. The van der Waals surface area contributed by atoms with E-state index in [-0.39, 0.29) is 16.2 Å². The molecule has 1 unspecified atom stereocenters. The highest BCUT2D eigenvalue weighted by Gasteiger charge is 2.48. The zero-order valence-electron chi connectivity index (χ0n) is 30.3. The van der Waals surface area contributed by atoms with Crippen LogP contribution in [0.25, 0.3) is 17.2 Å². The molecular formula is C41H58OSi. The van der Waals surface area contributed by atoms with Gasteiger partial charge in [0.05, 0.1) is 15.2 Å².